The van der Waals surface area contributed by atoms with Crippen molar-refractivity contribution >= 4 is 25.7 Å². The van der Waals surface area contributed by atoms with E-state index < -0.39 is 51.1 Å². The minimum Gasteiger partial charge on any atom is -0.480 e. The van der Waals surface area contributed by atoms with Gasteiger partial charge in [-0.2, -0.15) is 0 Å². The van der Waals surface area contributed by atoms with E-state index >= 15 is 0 Å². The lowest BCUT2D eigenvalue weighted by Crippen LogP contribution is -2.34. The van der Waals surface area contributed by atoms with E-state index in [1.165, 1.54) is 135 Å². The van der Waals surface area contributed by atoms with E-state index in [-0.39, 0.29) is 19.4 Å². The van der Waals surface area contributed by atoms with Crippen LogP contribution < -0.4 is 5.73 Å². The zero-order valence-corrected chi connectivity index (χ0v) is 44.1. The summed E-state index contributed by atoms with van der Waals surface area (Å²) in [5, 5.41) is 8.94. The standard InChI is InChI=1S/C56H100NO10P/c1-3-5-7-9-11-13-15-17-19-21-23-25-26-28-30-32-34-36-38-40-42-44-46-48-55(59)67-52(50-65-68(62,63)66-51-53(57)56(60)61)49-64-54(58)47-45-43-41-39-37-35-33-31-29-27-24-22-20-18-16-14-12-10-8-6-4-2/h5,7,11,13,17,19,22-25,52-53H,3-4,6,8-10,12,14-16,18,20-21,26-51,57H2,1-2H3,(H,60,61)(H,62,63)/b7-5-,13-11-,19-17-,24-22-,25-23-. The number of ether oxygens (including phenoxy) is 2. The van der Waals surface area contributed by atoms with Gasteiger partial charge >= 0.3 is 25.7 Å². The fourth-order valence-electron chi connectivity index (χ4n) is 7.52. The molecule has 12 heteroatoms. The number of hydrogen-bond donors (Lipinski definition) is 3. The highest BCUT2D eigenvalue weighted by Gasteiger charge is 2.28. The first-order chi connectivity index (χ1) is 33.1. The number of carboxylic acid groups (broad SMARTS) is 1. The fourth-order valence-corrected chi connectivity index (χ4v) is 8.30. The van der Waals surface area contributed by atoms with E-state index in [0.717, 1.165) is 70.6 Å². The number of esters is 2. The third-order valence-corrected chi connectivity index (χ3v) is 12.7. The first kappa shape index (κ1) is 65.2. The van der Waals surface area contributed by atoms with Gasteiger partial charge in [-0.3, -0.25) is 23.4 Å². The van der Waals surface area contributed by atoms with E-state index in [1.54, 1.807) is 0 Å². The Labute approximate surface area is 415 Å². The Balaban J connectivity index is 4.21. The van der Waals surface area contributed by atoms with Gasteiger partial charge in [0.25, 0.3) is 0 Å². The molecule has 0 rings (SSSR count). The van der Waals surface area contributed by atoms with Crippen molar-refractivity contribution in [2.45, 2.75) is 257 Å². The van der Waals surface area contributed by atoms with Crippen LogP contribution in [0.5, 0.6) is 0 Å². The van der Waals surface area contributed by atoms with Gasteiger partial charge in [0.1, 0.15) is 12.6 Å². The molecule has 0 aliphatic rings. The van der Waals surface area contributed by atoms with Gasteiger partial charge in [-0.1, -0.05) is 216 Å². The molecule has 3 unspecified atom stereocenters. The third kappa shape index (κ3) is 49.6. The fraction of sp³-hybridized carbons (Fsp3) is 0.768. The van der Waals surface area contributed by atoms with E-state index in [2.05, 4.69) is 74.6 Å². The molecule has 394 valence electrons. The van der Waals surface area contributed by atoms with E-state index in [9.17, 15) is 23.8 Å². The quantitative estimate of drug-likeness (QED) is 0.0229. The zero-order valence-electron chi connectivity index (χ0n) is 43.2. The summed E-state index contributed by atoms with van der Waals surface area (Å²) in [6, 6.07) is -1.53. The summed E-state index contributed by atoms with van der Waals surface area (Å²) in [6.45, 7) is 2.72. The summed E-state index contributed by atoms with van der Waals surface area (Å²) in [5.41, 5.74) is 5.36. The van der Waals surface area contributed by atoms with Crippen LogP contribution in [0.15, 0.2) is 60.8 Å². The van der Waals surface area contributed by atoms with Crippen LogP contribution in [-0.2, 0) is 37.5 Å². The van der Waals surface area contributed by atoms with Gasteiger partial charge in [0.05, 0.1) is 13.2 Å². The lowest BCUT2D eigenvalue weighted by molar-refractivity contribution is -0.161. The van der Waals surface area contributed by atoms with Gasteiger partial charge in [0.15, 0.2) is 6.10 Å². The van der Waals surface area contributed by atoms with E-state index in [0.29, 0.717) is 12.8 Å². The first-order valence-corrected chi connectivity index (χ1v) is 28.8. The average Bonchev–Trinajstić information content (AvgIpc) is 3.32. The molecule has 11 nitrogen and oxygen atoms in total. The molecular formula is C56H100NO10P. The molecule has 0 aromatic rings. The highest BCUT2D eigenvalue weighted by molar-refractivity contribution is 7.47. The van der Waals surface area contributed by atoms with Crippen LogP contribution in [-0.4, -0.2) is 59.9 Å². The monoisotopic (exact) mass is 978 g/mol. The highest BCUT2D eigenvalue weighted by atomic mass is 31.2. The van der Waals surface area contributed by atoms with Gasteiger partial charge in [-0.05, 0) is 77.0 Å². The Kier molecular flexibility index (Phi) is 48.5. The molecule has 0 aromatic heterocycles. The molecular weight excluding hydrogens is 878 g/mol. The number of carboxylic acids is 1. The molecule has 0 saturated heterocycles. The van der Waals surface area contributed by atoms with Crippen molar-refractivity contribution in [2.24, 2.45) is 5.73 Å². The maximum Gasteiger partial charge on any atom is 0.472 e. The molecule has 4 N–H and O–H groups in total. The summed E-state index contributed by atoms with van der Waals surface area (Å²) in [7, 11) is -4.73. The Hall–Kier alpha value is -2.82. The molecule has 0 bridgehead atoms. The number of phosphoric acid groups is 1. The zero-order chi connectivity index (χ0) is 49.9. The smallest absolute Gasteiger partial charge is 0.472 e. The SMILES string of the molecule is CC/C=C\C/C=C\C/C=C\C/C=C\CCCCCCCCCCCCC(=O)OC(COC(=O)CCCCCCCCCCC/C=C\CCCCCCCCCC)COP(=O)(O)OCC(N)C(=O)O. The number of rotatable bonds is 51. The minimum atomic E-state index is -4.73. The number of carbonyl (C=O) groups is 3. The van der Waals surface area contributed by atoms with Crippen molar-refractivity contribution in [3.05, 3.63) is 60.8 Å². The Morgan fingerprint density at radius 2 is 0.824 bits per heavy atom. The number of aliphatic carboxylic acids is 1. The predicted octanol–water partition coefficient (Wildman–Crippen LogP) is 15.9. The topological polar surface area (TPSA) is 172 Å². The molecule has 0 spiro atoms. The molecule has 0 heterocycles. The lowest BCUT2D eigenvalue weighted by atomic mass is 10.0. The van der Waals surface area contributed by atoms with Crippen molar-refractivity contribution in [1.82, 2.24) is 0 Å². The molecule has 0 aliphatic heterocycles. The molecule has 0 amide bonds. The van der Waals surface area contributed by atoms with Gasteiger partial charge in [0, 0.05) is 12.8 Å². The molecule has 3 atom stereocenters. The van der Waals surface area contributed by atoms with Gasteiger partial charge < -0.3 is 25.2 Å². The van der Waals surface area contributed by atoms with E-state index in [4.69, 9.17) is 29.4 Å². The number of hydrogen-bond acceptors (Lipinski definition) is 9. The van der Waals surface area contributed by atoms with Crippen LogP contribution in [0.25, 0.3) is 0 Å². The van der Waals surface area contributed by atoms with Crippen LogP contribution in [0.3, 0.4) is 0 Å². The van der Waals surface area contributed by atoms with Crippen LogP contribution in [0.4, 0.5) is 0 Å². The highest BCUT2D eigenvalue weighted by Crippen LogP contribution is 2.43. The van der Waals surface area contributed by atoms with Crippen LogP contribution in [0, 0.1) is 0 Å². The summed E-state index contributed by atoms with van der Waals surface area (Å²) < 4.78 is 32.9. The van der Waals surface area contributed by atoms with Crippen molar-refractivity contribution in [2.75, 3.05) is 19.8 Å². The maximum absolute atomic E-state index is 12.7. The molecule has 0 radical (unpaired) electrons. The van der Waals surface area contributed by atoms with Gasteiger partial charge in [-0.15, -0.1) is 0 Å². The first-order valence-electron chi connectivity index (χ1n) is 27.3. The number of nitrogens with two attached hydrogens (primary N) is 1. The second-order valence-electron chi connectivity index (χ2n) is 18.3. The van der Waals surface area contributed by atoms with Crippen molar-refractivity contribution in [3.8, 4) is 0 Å². The average molecular weight is 978 g/mol. The van der Waals surface area contributed by atoms with Crippen molar-refractivity contribution in [1.29, 1.82) is 0 Å². The van der Waals surface area contributed by atoms with Gasteiger partial charge in [0.2, 0.25) is 0 Å². The summed E-state index contributed by atoms with van der Waals surface area (Å²) >= 11 is 0. The summed E-state index contributed by atoms with van der Waals surface area (Å²) in [5.74, 6) is -2.38. The minimum absolute atomic E-state index is 0.154. The second kappa shape index (κ2) is 50.6. The number of unbranched alkanes of at least 4 members (excludes halogenated alkanes) is 27. The number of phosphoric ester groups is 1. The Bertz CT molecular complexity index is 1380. The number of allylic oxidation sites excluding steroid dienone is 10. The van der Waals surface area contributed by atoms with Crippen LogP contribution >= 0.6 is 7.82 Å². The molecule has 0 fully saturated rings. The Morgan fingerprint density at radius 1 is 0.471 bits per heavy atom. The molecule has 68 heavy (non-hydrogen) atoms. The summed E-state index contributed by atoms with van der Waals surface area (Å²) in [4.78, 5) is 46.3. The maximum atomic E-state index is 12.7. The molecule has 0 aromatic carbocycles. The summed E-state index contributed by atoms with van der Waals surface area (Å²) in [6.07, 6.45) is 61.4. The van der Waals surface area contributed by atoms with Crippen LogP contribution in [0.1, 0.15) is 245 Å². The van der Waals surface area contributed by atoms with Crippen molar-refractivity contribution < 1.29 is 47.5 Å². The van der Waals surface area contributed by atoms with Crippen LogP contribution in [0.2, 0.25) is 0 Å². The largest absolute Gasteiger partial charge is 0.480 e. The van der Waals surface area contributed by atoms with Crippen molar-refractivity contribution in [3.63, 3.8) is 0 Å². The normalized spacial score (nSPS) is 13.9. The third-order valence-electron chi connectivity index (χ3n) is 11.7. The lowest BCUT2D eigenvalue weighted by Gasteiger charge is -2.20. The van der Waals surface area contributed by atoms with Gasteiger partial charge in [-0.25, -0.2) is 4.57 Å². The Morgan fingerprint density at radius 3 is 1.25 bits per heavy atom. The number of carbonyl (C=O) groups excluding carboxylic acids is 2. The molecule has 0 saturated carbocycles. The second-order valence-corrected chi connectivity index (χ2v) is 19.8. The van der Waals surface area contributed by atoms with E-state index in [1.807, 2.05) is 0 Å². The predicted molar refractivity (Wildman–Crippen MR) is 281 cm³/mol. The molecule has 0 aliphatic carbocycles.